The van der Waals surface area contributed by atoms with Crippen LogP contribution in [0.15, 0.2) is 53.8 Å². The molecule has 0 aliphatic rings. The van der Waals surface area contributed by atoms with Crippen molar-refractivity contribution in [3.05, 3.63) is 75.3 Å². The molecule has 0 unspecified atom stereocenters. The average Bonchev–Trinajstić information content (AvgIpc) is 2.80. The number of aryl methyl sites for hydroxylation is 1. The maximum atomic E-state index is 12.9. The molecule has 0 aliphatic carbocycles. The van der Waals surface area contributed by atoms with E-state index in [1.54, 1.807) is 50.4 Å². The van der Waals surface area contributed by atoms with Gasteiger partial charge in [-0.1, -0.05) is 12.1 Å². The van der Waals surface area contributed by atoms with E-state index in [-0.39, 0.29) is 11.5 Å². The quantitative estimate of drug-likeness (QED) is 0.392. The van der Waals surface area contributed by atoms with Gasteiger partial charge in [0.1, 0.15) is 0 Å². The van der Waals surface area contributed by atoms with Crippen LogP contribution in [0.25, 0.3) is 10.9 Å². The van der Waals surface area contributed by atoms with Crippen molar-refractivity contribution in [2.75, 3.05) is 27.8 Å². The predicted octanol–water partition coefficient (Wildman–Crippen LogP) is 3.97. The number of hydrogen-bond donors (Lipinski definition) is 1. The number of benzene rings is 2. The van der Waals surface area contributed by atoms with Gasteiger partial charge in [0.05, 0.1) is 25.1 Å². The van der Waals surface area contributed by atoms with E-state index < -0.39 is 0 Å². The summed E-state index contributed by atoms with van der Waals surface area (Å²) in [5.74, 6) is 1.26. The van der Waals surface area contributed by atoms with E-state index in [2.05, 4.69) is 11.6 Å². The molecule has 0 saturated heterocycles. The van der Waals surface area contributed by atoms with Crippen LogP contribution in [-0.2, 0) is 13.0 Å². The zero-order valence-corrected chi connectivity index (χ0v) is 19.3. The number of nitrogens with zero attached hydrogens (tertiary/aromatic N) is 2. The van der Waals surface area contributed by atoms with Crippen LogP contribution in [0.1, 0.15) is 22.3 Å². The van der Waals surface area contributed by atoms with Crippen LogP contribution in [0.3, 0.4) is 0 Å². The highest BCUT2D eigenvalue weighted by Crippen LogP contribution is 2.28. The van der Waals surface area contributed by atoms with Crippen LogP contribution >= 0.6 is 12.2 Å². The average molecular weight is 454 g/mol. The van der Waals surface area contributed by atoms with E-state index in [4.69, 9.17) is 21.7 Å². The highest BCUT2D eigenvalue weighted by molar-refractivity contribution is 7.71. The smallest absolute Gasteiger partial charge is 0.262 e. The van der Waals surface area contributed by atoms with Gasteiger partial charge in [-0.2, -0.15) is 0 Å². The number of ether oxygens (including phenoxy) is 2. The summed E-state index contributed by atoms with van der Waals surface area (Å²) in [4.78, 5) is 30.3. The summed E-state index contributed by atoms with van der Waals surface area (Å²) >= 11 is 5.28. The minimum absolute atomic E-state index is 0.117. The Kier molecular flexibility index (Phi) is 7.48. The van der Waals surface area contributed by atoms with Gasteiger partial charge in [0, 0.05) is 25.7 Å². The predicted molar refractivity (Wildman–Crippen MR) is 128 cm³/mol. The van der Waals surface area contributed by atoms with Crippen LogP contribution in [-0.4, -0.2) is 48.2 Å². The van der Waals surface area contributed by atoms with Gasteiger partial charge < -0.3 is 19.4 Å². The van der Waals surface area contributed by atoms with Crippen molar-refractivity contribution < 1.29 is 14.3 Å². The molecular weight excluding hydrogens is 426 g/mol. The lowest BCUT2D eigenvalue weighted by molar-refractivity contribution is 0.0793. The van der Waals surface area contributed by atoms with E-state index >= 15 is 0 Å². The molecule has 0 spiro atoms. The van der Waals surface area contributed by atoms with Gasteiger partial charge in [0.25, 0.3) is 11.5 Å². The van der Waals surface area contributed by atoms with Crippen molar-refractivity contribution in [1.29, 1.82) is 0 Å². The zero-order valence-electron chi connectivity index (χ0n) is 18.5. The number of aromatic nitrogens is 2. The number of aromatic amines is 1. The highest BCUT2D eigenvalue weighted by Gasteiger charge is 2.14. The molecule has 1 aromatic heterocycles. The van der Waals surface area contributed by atoms with Crippen molar-refractivity contribution in [3.63, 3.8) is 0 Å². The zero-order chi connectivity index (χ0) is 23.3. The first kappa shape index (κ1) is 23.3. The Morgan fingerprint density at radius 2 is 1.94 bits per heavy atom. The Morgan fingerprint density at radius 1 is 1.19 bits per heavy atom. The first-order chi connectivity index (χ1) is 15.4. The Bertz CT molecular complexity index is 1260. The maximum Gasteiger partial charge on any atom is 0.262 e. The number of methoxy groups -OCH3 is 2. The molecule has 2 aromatic carbocycles. The van der Waals surface area contributed by atoms with Crippen LogP contribution in [0.4, 0.5) is 0 Å². The highest BCUT2D eigenvalue weighted by atomic mass is 32.1. The molecule has 0 bridgehead atoms. The summed E-state index contributed by atoms with van der Waals surface area (Å²) in [6.07, 6.45) is 3.21. The van der Waals surface area contributed by atoms with Crippen molar-refractivity contribution in [3.8, 4) is 11.5 Å². The van der Waals surface area contributed by atoms with E-state index in [9.17, 15) is 9.59 Å². The molecule has 8 heteroatoms. The summed E-state index contributed by atoms with van der Waals surface area (Å²) in [6, 6.07) is 10.8. The fourth-order valence-corrected chi connectivity index (χ4v) is 3.83. The van der Waals surface area contributed by atoms with Gasteiger partial charge in [-0.15, -0.1) is 6.58 Å². The summed E-state index contributed by atoms with van der Waals surface area (Å²) in [7, 11) is 4.99. The van der Waals surface area contributed by atoms with Gasteiger partial charge in [-0.05, 0) is 61.0 Å². The third-order valence-corrected chi connectivity index (χ3v) is 5.62. The Hall–Kier alpha value is -3.39. The SMILES string of the molecule is C=CCn1c(=S)[nH]c2cc(C(=O)N(C)CCCc3ccc(OC)c(OC)c3)ccc2c1=O. The van der Waals surface area contributed by atoms with Crippen LogP contribution in [0, 0.1) is 4.77 Å². The van der Waals surface area contributed by atoms with E-state index in [1.807, 2.05) is 18.2 Å². The number of hydrogen-bond acceptors (Lipinski definition) is 5. The van der Waals surface area contributed by atoms with Gasteiger partial charge in [-0.3, -0.25) is 14.2 Å². The normalized spacial score (nSPS) is 10.7. The number of rotatable bonds is 9. The molecule has 0 saturated carbocycles. The minimum atomic E-state index is -0.203. The van der Waals surface area contributed by atoms with Gasteiger partial charge in [-0.25, -0.2) is 0 Å². The second kappa shape index (κ2) is 10.3. The maximum absolute atomic E-state index is 12.9. The second-order valence-corrected chi connectivity index (χ2v) is 7.80. The van der Waals surface area contributed by atoms with E-state index in [1.165, 1.54) is 4.57 Å². The third kappa shape index (κ3) is 4.91. The molecule has 1 N–H and O–H groups in total. The first-order valence-corrected chi connectivity index (χ1v) is 10.6. The molecule has 1 heterocycles. The second-order valence-electron chi connectivity index (χ2n) is 7.41. The fraction of sp³-hybridized carbons (Fsp3) is 0.292. The molecule has 0 aliphatic heterocycles. The number of fused-ring (bicyclic) bond motifs is 1. The topological polar surface area (TPSA) is 76.6 Å². The Labute approximate surface area is 191 Å². The molecule has 7 nitrogen and oxygen atoms in total. The number of carbonyl (C=O) groups excluding carboxylic acids is 1. The molecule has 32 heavy (non-hydrogen) atoms. The van der Waals surface area contributed by atoms with Crippen molar-refractivity contribution in [2.45, 2.75) is 19.4 Å². The molecule has 3 aromatic rings. The number of H-pyrrole nitrogens is 1. The Balaban J connectivity index is 1.70. The third-order valence-electron chi connectivity index (χ3n) is 5.29. The first-order valence-electron chi connectivity index (χ1n) is 10.2. The van der Waals surface area contributed by atoms with Gasteiger partial charge >= 0.3 is 0 Å². The lowest BCUT2D eigenvalue weighted by Crippen LogP contribution is -2.28. The monoisotopic (exact) mass is 453 g/mol. The lowest BCUT2D eigenvalue weighted by atomic mass is 10.1. The number of amides is 1. The van der Waals surface area contributed by atoms with Crippen molar-refractivity contribution in [2.24, 2.45) is 0 Å². The molecule has 1 amide bonds. The standard InChI is InChI=1S/C24H27N3O4S/c1-5-12-27-23(29)18-10-9-17(15-19(18)25-24(27)32)22(28)26(2)13-6-7-16-8-11-20(30-3)21(14-16)31-4/h5,8-11,14-15H,1,6-7,12-13H2,2-4H3,(H,25,32). The molecule has 168 valence electrons. The Morgan fingerprint density at radius 3 is 2.62 bits per heavy atom. The fourth-order valence-electron chi connectivity index (χ4n) is 3.56. The number of nitrogens with one attached hydrogen (secondary N) is 1. The summed E-state index contributed by atoms with van der Waals surface area (Å²) in [5, 5.41) is 0.480. The molecule has 0 fully saturated rings. The summed E-state index contributed by atoms with van der Waals surface area (Å²) < 4.78 is 12.3. The van der Waals surface area contributed by atoms with Crippen molar-refractivity contribution >= 4 is 29.0 Å². The molecule has 0 atom stereocenters. The largest absolute Gasteiger partial charge is 0.493 e. The van der Waals surface area contributed by atoms with Crippen LogP contribution in [0.2, 0.25) is 0 Å². The van der Waals surface area contributed by atoms with E-state index in [0.717, 1.165) is 18.4 Å². The van der Waals surface area contributed by atoms with E-state index in [0.29, 0.717) is 45.8 Å². The van der Waals surface area contributed by atoms with Crippen LogP contribution in [0.5, 0.6) is 11.5 Å². The van der Waals surface area contributed by atoms with Crippen molar-refractivity contribution in [1.82, 2.24) is 14.5 Å². The number of allylic oxidation sites excluding steroid dienone is 1. The molecule has 0 radical (unpaired) electrons. The summed E-state index contributed by atoms with van der Waals surface area (Å²) in [6.45, 7) is 4.57. The van der Waals surface area contributed by atoms with Gasteiger partial charge in [0.15, 0.2) is 16.3 Å². The minimum Gasteiger partial charge on any atom is -0.493 e. The molecular formula is C24H27N3O4S. The van der Waals surface area contributed by atoms with Gasteiger partial charge in [0.2, 0.25) is 0 Å². The van der Waals surface area contributed by atoms with Crippen LogP contribution < -0.4 is 15.0 Å². The summed E-state index contributed by atoms with van der Waals surface area (Å²) in [5.41, 5.74) is 1.95. The molecule has 3 rings (SSSR count). The lowest BCUT2D eigenvalue weighted by Gasteiger charge is -2.18. The number of carbonyl (C=O) groups is 1.